The lowest BCUT2D eigenvalue weighted by Gasteiger charge is -2.27. The van der Waals surface area contributed by atoms with Crippen LogP contribution in [0.2, 0.25) is 0 Å². The first-order valence-electron chi connectivity index (χ1n) is 8.73. The maximum absolute atomic E-state index is 12.1. The second kappa shape index (κ2) is 7.18. The standard InChI is InChI=1S/C19H26N4O/c1-14-17(16-8-4-5-9-21-16)18(19(20)24)15(2)23(14)13-12-22-10-6-3-7-11-22/h4-5,8-9H,3,6-7,10-13H2,1-2H3,(H2,20,24). The Bertz CT molecular complexity index is 715. The molecular weight excluding hydrogens is 300 g/mol. The highest BCUT2D eigenvalue weighted by Crippen LogP contribution is 2.31. The molecular formula is C19H26N4O. The van der Waals surface area contributed by atoms with E-state index in [0.717, 1.165) is 35.7 Å². The highest BCUT2D eigenvalue weighted by Gasteiger charge is 2.23. The molecule has 1 aliphatic heterocycles. The van der Waals surface area contributed by atoms with Crippen LogP contribution in [0.3, 0.4) is 0 Å². The summed E-state index contributed by atoms with van der Waals surface area (Å²) in [6.45, 7) is 8.28. The lowest BCUT2D eigenvalue weighted by molar-refractivity contribution is 0.1000. The number of nitrogens with zero attached hydrogens (tertiary/aromatic N) is 3. The average Bonchev–Trinajstić information content (AvgIpc) is 2.85. The number of pyridine rings is 1. The largest absolute Gasteiger partial charge is 0.366 e. The van der Waals surface area contributed by atoms with Gasteiger partial charge in [0.1, 0.15) is 0 Å². The number of primary amides is 1. The van der Waals surface area contributed by atoms with E-state index < -0.39 is 0 Å². The Labute approximate surface area is 143 Å². The van der Waals surface area contributed by atoms with Crippen molar-refractivity contribution in [2.45, 2.75) is 39.7 Å². The normalized spacial score (nSPS) is 15.6. The van der Waals surface area contributed by atoms with Gasteiger partial charge in [-0.25, -0.2) is 0 Å². The smallest absolute Gasteiger partial charge is 0.251 e. The molecule has 128 valence electrons. The molecule has 2 aromatic rings. The van der Waals surface area contributed by atoms with Crippen LogP contribution in [-0.2, 0) is 6.54 Å². The number of rotatable bonds is 5. The third-order valence-corrected chi connectivity index (χ3v) is 5.04. The molecule has 0 unspecified atom stereocenters. The molecule has 5 nitrogen and oxygen atoms in total. The van der Waals surface area contributed by atoms with Crippen molar-refractivity contribution < 1.29 is 4.79 Å². The van der Waals surface area contributed by atoms with Crippen molar-refractivity contribution in [2.75, 3.05) is 19.6 Å². The van der Waals surface area contributed by atoms with Crippen molar-refractivity contribution in [1.82, 2.24) is 14.5 Å². The molecule has 0 atom stereocenters. The summed E-state index contributed by atoms with van der Waals surface area (Å²) < 4.78 is 2.22. The number of piperidine rings is 1. The van der Waals surface area contributed by atoms with Crippen molar-refractivity contribution in [3.8, 4) is 11.3 Å². The van der Waals surface area contributed by atoms with E-state index in [1.807, 2.05) is 25.1 Å². The van der Waals surface area contributed by atoms with Crippen molar-refractivity contribution in [3.05, 3.63) is 41.3 Å². The van der Waals surface area contributed by atoms with Gasteiger partial charge in [0.2, 0.25) is 0 Å². The monoisotopic (exact) mass is 326 g/mol. The Morgan fingerprint density at radius 1 is 1.12 bits per heavy atom. The molecule has 2 aromatic heterocycles. The number of aromatic nitrogens is 2. The fourth-order valence-corrected chi connectivity index (χ4v) is 3.77. The third kappa shape index (κ3) is 3.22. The number of likely N-dealkylation sites (tertiary alicyclic amines) is 1. The number of carbonyl (C=O) groups is 1. The maximum Gasteiger partial charge on any atom is 0.251 e. The lowest BCUT2D eigenvalue weighted by atomic mass is 10.0. The molecule has 3 heterocycles. The Morgan fingerprint density at radius 2 is 1.88 bits per heavy atom. The van der Waals surface area contributed by atoms with Crippen LogP contribution in [0.1, 0.15) is 41.0 Å². The van der Waals surface area contributed by atoms with E-state index in [1.54, 1.807) is 6.20 Å². The summed E-state index contributed by atoms with van der Waals surface area (Å²) >= 11 is 0. The van der Waals surface area contributed by atoms with E-state index in [4.69, 9.17) is 5.73 Å². The summed E-state index contributed by atoms with van der Waals surface area (Å²) in [5.41, 5.74) is 9.98. The van der Waals surface area contributed by atoms with E-state index in [-0.39, 0.29) is 5.91 Å². The summed E-state index contributed by atoms with van der Waals surface area (Å²) in [6, 6.07) is 5.75. The van der Waals surface area contributed by atoms with Gasteiger partial charge in [-0.15, -0.1) is 0 Å². The highest BCUT2D eigenvalue weighted by atomic mass is 16.1. The fraction of sp³-hybridized carbons (Fsp3) is 0.474. The van der Waals surface area contributed by atoms with Gasteiger partial charge in [0.25, 0.3) is 5.91 Å². The first-order valence-corrected chi connectivity index (χ1v) is 8.73. The summed E-state index contributed by atoms with van der Waals surface area (Å²) in [5.74, 6) is -0.382. The highest BCUT2D eigenvalue weighted by molar-refractivity contribution is 6.01. The van der Waals surface area contributed by atoms with E-state index in [9.17, 15) is 4.79 Å². The van der Waals surface area contributed by atoms with Crippen LogP contribution < -0.4 is 5.73 Å². The Morgan fingerprint density at radius 3 is 2.50 bits per heavy atom. The van der Waals surface area contributed by atoms with Gasteiger partial charge in [0, 0.05) is 36.2 Å². The molecule has 0 saturated carbocycles. The van der Waals surface area contributed by atoms with Crippen LogP contribution in [0.15, 0.2) is 24.4 Å². The van der Waals surface area contributed by atoms with E-state index in [2.05, 4.69) is 21.4 Å². The molecule has 24 heavy (non-hydrogen) atoms. The fourth-order valence-electron chi connectivity index (χ4n) is 3.77. The number of nitrogens with two attached hydrogens (primary N) is 1. The third-order valence-electron chi connectivity index (χ3n) is 5.04. The first-order chi connectivity index (χ1) is 11.6. The van der Waals surface area contributed by atoms with Gasteiger partial charge < -0.3 is 15.2 Å². The minimum absolute atomic E-state index is 0.382. The van der Waals surface area contributed by atoms with Gasteiger partial charge >= 0.3 is 0 Å². The molecule has 3 rings (SSSR count). The molecule has 0 aromatic carbocycles. The second-order valence-electron chi connectivity index (χ2n) is 6.55. The van der Waals surface area contributed by atoms with Crippen molar-refractivity contribution in [3.63, 3.8) is 0 Å². The van der Waals surface area contributed by atoms with Crippen LogP contribution in [0.4, 0.5) is 0 Å². The number of amides is 1. The average molecular weight is 326 g/mol. The molecule has 0 aliphatic carbocycles. The van der Waals surface area contributed by atoms with E-state index in [0.29, 0.717) is 5.56 Å². The zero-order valence-electron chi connectivity index (χ0n) is 14.6. The van der Waals surface area contributed by atoms with Crippen LogP contribution in [-0.4, -0.2) is 40.0 Å². The number of hydrogen-bond donors (Lipinski definition) is 1. The lowest BCUT2D eigenvalue weighted by Crippen LogP contribution is -2.32. The molecule has 0 spiro atoms. The van der Waals surface area contributed by atoms with Crippen molar-refractivity contribution in [2.24, 2.45) is 5.73 Å². The topological polar surface area (TPSA) is 64.2 Å². The van der Waals surface area contributed by atoms with Gasteiger partial charge in [-0.2, -0.15) is 0 Å². The van der Waals surface area contributed by atoms with E-state index >= 15 is 0 Å². The maximum atomic E-state index is 12.1. The zero-order valence-corrected chi connectivity index (χ0v) is 14.6. The van der Waals surface area contributed by atoms with E-state index in [1.165, 1.54) is 32.4 Å². The molecule has 2 N–H and O–H groups in total. The molecule has 0 bridgehead atoms. The van der Waals surface area contributed by atoms with Gasteiger partial charge in [0.15, 0.2) is 0 Å². The Hall–Kier alpha value is -2.14. The van der Waals surface area contributed by atoms with Crippen LogP contribution in [0, 0.1) is 13.8 Å². The van der Waals surface area contributed by atoms with Crippen molar-refractivity contribution >= 4 is 5.91 Å². The first kappa shape index (κ1) is 16.7. The molecule has 1 saturated heterocycles. The predicted molar refractivity (Wildman–Crippen MR) is 95.9 cm³/mol. The summed E-state index contributed by atoms with van der Waals surface area (Å²) in [5, 5.41) is 0. The molecule has 5 heteroatoms. The SMILES string of the molecule is Cc1c(C(N)=O)c(-c2ccccn2)c(C)n1CCN1CCCCC1. The Balaban J connectivity index is 1.93. The van der Waals surface area contributed by atoms with Crippen molar-refractivity contribution in [1.29, 1.82) is 0 Å². The van der Waals surface area contributed by atoms with Gasteiger partial charge in [-0.05, 0) is 51.9 Å². The number of carbonyl (C=O) groups excluding carboxylic acids is 1. The summed E-state index contributed by atoms with van der Waals surface area (Å²) in [4.78, 5) is 19.0. The zero-order chi connectivity index (χ0) is 17.1. The quantitative estimate of drug-likeness (QED) is 0.919. The minimum atomic E-state index is -0.382. The molecule has 0 radical (unpaired) electrons. The van der Waals surface area contributed by atoms with Crippen LogP contribution in [0.5, 0.6) is 0 Å². The minimum Gasteiger partial charge on any atom is -0.366 e. The van der Waals surface area contributed by atoms with Gasteiger partial charge in [-0.1, -0.05) is 12.5 Å². The van der Waals surface area contributed by atoms with Crippen LogP contribution in [0.25, 0.3) is 11.3 Å². The molecule has 1 amide bonds. The van der Waals surface area contributed by atoms with Crippen LogP contribution >= 0.6 is 0 Å². The molecule has 1 aliphatic rings. The Kier molecular flexibility index (Phi) is 5.00. The van der Waals surface area contributed by atoms with Gasteiger partial charge in [-0.3, -0.25) is 9.78 Å². The predicted octanol–water partition coefficient (Wildman–Crippen LogP) is 2.75. The molecule has 1 fully saturated rings. The number of hydrogen-bond acceptors (Lipinski definition) is 3. The second-order valence-corrected chi connectivity index (χ2v) is 6.55. The summed E-state index contributed by atoms with van der Waals surface area (Å²) in [7, 11) is 0. The summed E-state index contributed by atoms with van der Waals surface area (Å²) in [6.07, 6.45) is 5.67. The van der Waals surface area contributed by atoms with Gasteiger partial charge in [0.05, 0.1) is 11.3 Å².